The highest BCUT2D eigenvalue weighted by Gasteiger charge is 2.36. The summed E-state index contributed by atoms with van der Waals surface area (Å²) in [7, 11) is 0. The molecule has 2 unspecified atom stereocenters. The van der Waals surface area contributed by atoms with E-state index < -0.39 is 0 Å². The molecule has 2 amide bonds. The maximum Gasteiger partial charge on any atom is 0.224 e. The lowest BCUT2D eigenvalue weighted by atomic mass is 9.89. The molecule has 0 fully saturated rings. The average Bonchev–Trinajstić information content (AvgIpc) is 2.56. The van der Waals surface area contributed by atoms with Gasteiger partial charge in [-0.25, -0.2) is 0 Å². The Morgan fingerprint density at radius 2 is 1.62 bits per heavy atom. The fraction of sp³-hybridized carbons (Fsp3) is 0.364. The Bertz CT molecular complexity index is 842. The van der Waals surface area contributed by atoms with Gasteiger partial charge in [-0.3, -0.25) is 9.59 Å². The Morgan fingerprint density at radius 3 is 2.19 bits per heavy atom. The third-order valence-electron chi connectivity index (χ3n) is 5.11. The van der Waals surface area contributed by atoms with Gasteiger partial charge < -0.3 is 9.80 Å². The smallest absolute Gasteiger partial charge is 0.224 e. The molecule has 2 aromatic rings. The minimum atomic E-state index is -0.0873. The number of carbonyl (C=O) groups excluding carboxylic acids is 2. The zero-order valence-electron chi connectivity index (χ0n) is 16.1. The second kappa shape index (κ2) is 6.94. The van der Waals surface area contributed by atoms with Crippen LogP contribution in [0.15, 0.2) is 42.5 Å². The molecule has 3 rings (SSSR count). The molecule has 0 bridgehead atoms. The number of benzene rings is 2. The van der Waals surface area contributed by atoms with Gasteiger partial charge in [0.25, 0.3) is 0 Å². The van der Waals surface area contributed by atoms with Crippen LogP contribution in [0.25, 0.3) is 0 Å². The SMILES string of the molecule is CC(=O)N1c2ccc(C)cc2C(N(C(C)=O)c2ccc(C)cc2)CC1C. The highest BCUT2D eigenvalue weighted by Crippen LogP contribution is 2.42. The van der Waals surface area contributed by atoms with E-state index in [1.54, 1.807) is 13.8 Å². The lowest BCUT2D eigenvalue weighted by Crippen LogP contribution is -2.46. The van der Waals surface area contributed by atoms with E-state index in [9.17, 15) is 9.59 Å². The van der Waals surface area contributed by atoms with E-state index in [-0.39, 0.29) is 23.9 Å². The molecule has 1 heterocycles. The van der Waals surface area contributed by atoms with Crippen LogP contribution >= 0.6 is 0 Å². The van der Waals surface area contributed by atoms with Crippen LogP contribution in [0.3, 0.4) is 0 Å². The third-order valence-corrected chi connectivity index (χ3v) is 5.11. The molecule has 0 saturated heterocycles. The van der Waals surface area contributed by atoms with Crippen molar-refractivity contribution < 1.29 is 9.59 Å². The van der Waals surface area contributed by atoms with E-state index in [0.717, 1.165) is 28.1 Å². The van der Waals surface area contributed by atoms with Crippen LogP contribution in [-0.4, -0.2) is 17.9 Å². The van der Waals surface area contributed by atoms with Crippen LogP contribution < -0.4 is 9.80 Å². The maximum absolute atomic E-state index is 12.6. The van der Waals surface area contributed by atoms with Gasteiger partial charge in [-0.05, 0) is 51.0 Å². The highest BCUT2D eigenvalue weighted by atomic mass is 16.2. The normalized spacial score (nSPS) is 19.0. The molecule has 4 nitrogen and oxygen atoms in total. The molecule has 2 atom stereocenters. The number of anilines is 2. The summed E-state index contributed by atoms with van der Waals surface area (Å²) in [6.45, 7) is 9.33. The quantitative estimate of drug-likeness (QED) is 0.798. The number of amides is 2. The Hall–Kier alpha value is -2.62. The van der Waals surface area contributed by atoms with E-state index in [1.807, 2.05) is 67.0 Å². The van der Waals surface area contributed by atoms with Gasteiger partial charge in [-0.1, -0.05) is 35.4 Å². The van der Waals surface area contributed by atoms with Crippen molar-refractivity contribution in [1.82, 2.24) is 0 Å². The molecule has 1 aliphatic heterocycles. The molecule has 26 heavy (non-hydrogen) atoms. The predicted molar refractivity (Wildman–Crippen MR) is 105 cm³/mol. The van der Waals surface area contributed by atoms with Crippen molar-refractivity contribution in [2.75, 3.05) is 9.80 Å². The van der Waals surface area contributed by atoms with Crippen LogP contribution in [-0.2, 0) is 9.59 Å². The molecule has 0 N–H and O–H groups in total. The van der Waals surface area contributed by atoms with E-state index in [0.29, 0.717) is 6.42 Å². The summed E-state index contributed by atoms with van der Waals surface area (Å²) in [4.78, 5) is 28.5. The minimum Gasteiger partial charge on any atom is -0.309 e. The van der Waals surface area contributed by atoms with Gasteiger partial charge in [-0.2, -0.15) is 0 Å². The Kier molecular flexibility index (Phi) is 4.86. The number of aryl methyl sites for hydroxylation is 2. The van der Waals surface area contributed by atoms with Crippen molar-refractivity contribution in [3.8, 4) is 0 Å². The number of hydrogen-bond donors (Lipinski definition) is 0. The zero-order valence-corrected chi connectivity index (χ0v) is 16.1. The van der Waals surface area contributed by atoms with E-state index in [2.05, 4.69) is 6.07 Å². The summed E-state index contributed by atoms with van der Waals surface area (Å²) >= 11 is 0. The van der Waals surface area contributed by atoms with Crippen LogP contribution in [0, 0.1) is 13.8 Å². The minimum absolute atomic E-state index is 0.00906. The molecule has 0 aromatic heterocycles. The topological polar surface area (TPSA) is 40.6 Å². The number of nitrogens with zero attached hydrogens (tertiary/aromatic N) is 2. The van der Waals surface area contributed by atoms with Crippen LogP contribution in [0.5, 0.6) is 0 Å². The number of fused-ring (bicyclic) bond motifs is 1. The summed E-state index contributed by atoms with van der Waals surface area (Å²) in [6.07, 6.45) is 0.712. The summed E-state index contributed by atoms with van der Waals surface area (Å²) in [5.74, 6) is 0.0422. The first kappa shape index (κ1) is 18.2. The summed E-state index contributed by atoms with van der Waals surface area (Å²) in [5, 5.41) is 0. The van der Waals surface area contributed by atoms with Gasteiger partial charge in [0, 0.05) is 31.3 Å². The van der Waals surface area contributed by atoms with Crippen molar-refractivity contribution in [2.45, 2.75) is 53.1 Å². The molecule has 0 aliphatic carbocycles. The van der Waals surface area contributed by atoms with E-state index in [4.69, 9.17) is 0 Å². The van der Waals surface area contributed by atoms with E-state index >= 15 is 0 Å². The average molecular weight is 350 g/mol. The second-order valence-corrected chi connectivity index (χ2v) is 7.28. The Balaban J connectivity index is 2.15. The first-order chi connectivity index (χ1) is 12.3. The molecular weight excluding hydrogens is 324 g/mol. The molecule has 136 valence electrons. The Morgan fingerprint density at radius 1 is 1.00 bits per heavy atom. The standard InChI is InChI=1S/C22H26N2O2/c1-14-6-9-19(10-7-14)24(18(5)26)22-13-16(3)23(17(4)25)21-11-8-15(2)12-20(21)22/h6-12,16,22H,13H2,1-5H3. The molecular formula is C22H26N2O2. The van der Waals surface area contributed by atoms with Gasteiger partial charge >= 0.3 is 0 Å². The van der Waals surface area contributed by atoms with Crippen molar-refractivity contribution in [3.63, 3.8) is 0 Å². The lowest BCUT2D eigenvalue weighted by molar-refractivity contribution is -0.117. The second-order valence-electron chi connectivity index (χ2n) is 7.28. The molecule has 1 aliphatic rings. The first-order valence-corrected chi connectivity index (χ1v) is 9.06. The number of carbonyl (C=O) groups is 2. The third kappa shape index (κ3) is 3.24. The fourth-order valence-corrected chi connectivity index (χ4v) is 3.96. The molecule has 0 radical (unpaired) electrons. The Labute approximate surface area is 155 Å². The maximum atomic E-state index is 12.6. The number of rotatable bonds is 2. The lowest BCUT2D eigenvalue weighted by Gasteiger charge is -2.43. The van der Waals surface area contributed by atoms with E-state index in [1.165, 1.54) is 0 Å². The fourth-order valence-electron chi connectivity index (χ4n) is 3.96. The summed E-state index contributed by atoms with van der Waals surface area (Å²) in [5.41, 5.74) is 5.12. The van der Waals surface area contributed by atoms with Crippen LogP contribution in [0.1, 0.15) is 49.9 Å². The van der Waals surface area contributed by atoms with Crippen LogP contribution in [0.4, 0.5) is 11.4 Å². The molecule has 0 saturated carbocycles. The molecule has 2 aromatic carbocycles. The highest BCUT2D eigenvalue weighted by molar-refractivity contribution is 5.96. The molecule has 0 spiro atoms. The van der Waals surface area contributed by atoms with Gasteiger partial charge in [-0.15, -0.1) is 0 Å². The van der Waals surface area contributed by atoms with Gasteiger partial charge in [0.05, 0.1) is 6.04 Å². The van der Waals surface area contributed by atoms with Gasteiger partial charge in [0.2, 0.25) is 11.8 Å². The monoisotopic (exact) mass is 350 g/mol. The summed E-state index contributed by atoms with van der Waals surface area (Å²) in [6, 6.07) is 14.1. The van der Waals surface area contributed by atoms with Crippen LogP contribution in [0.2, 0.25) is 0 Å². The van der Waals surface area contributed by atoms with Crippen molar-refractivity contribution in [1.29, 1.82) is 0 Å². The molecule has 4 heteroatoms. The van der Waals surface area contributed by atoms with Crippen molar-refractivity contribution in [3.05, 3.63) is 59.2 Å². The largest absolute Gasteiger partial charge is 0.309 e. The van der Waals surface area contributed by atoms with Gasteiger partial charge in [0.15, 0.2) is 0 Å². The summed E-state index contributed by atoms with van der Waals surface area (Å²) < 4.78 is 0. The number of hydrogen-bond acceptors (Lipinski definition) is 2. The van der Waals surface area contributed by atoms with Crippen molar-refractivity contribution >= 4 is 23.2 Å². The predicted octanol–water partition coefficient (Wildman–Crippen LogP) is 4.54. The van der Waals surface area contributed by atoms with Crippen molar-refractivity contribution in [2.24, 2.45) is 0 Å². The zero-order chi connectivity index (χ0) is 19.0. The first-order valence-electron chi connectivity index (χ1n) is 9.06. The van der Waals surface area contributed by atoms with Gasteiger partial charge in [0.1, 0.15) is 0 Å².